The van der Waals surface area contributed by atoms with Gasteiger partial charge in [-0.15, -0.1) is 0 Å². The highest BCUT2D eigenvalue weighted by molar-refractivity contribution is 7.55. The van der Waals surface area contributed by atoms with Crippen LogP contribution in [0.4, 0.5) is 0 Å². The molecule has 6 nitrogen and oxygen atoms in total. The van der Waals surface area contributed by atoms with Crippen molar-refractivity contribution in [2.75, 3.05) is 13.2 Å². The van der Waals surface area contributed by atoms with Gasteiger partial charge in [0, 0.05) is 6.20 Å². The summed E-state index contributed by atoms with van der Waals surface area (Å²) in [6, 6.07) is 0. The van der Waals surface area contributed by atoms with Crippen molar-refractivity contribution in [1.82, 2.24) is 9.78 Å². The Kier molecular flexibility index (Phi) is 6.11. The summed E-state index contributed by atoms with van der Waals surface area (Å²) in [4.78, 5) is 10.4. The molecule has 0 fully saturated rings. The standard InChI is InChI=1S/C10H17N2O4P/c1-3-15-17(16-4-2)9-7-11-12(8-9)6-5-10(13)14/h7-8H,3-6H2,1-2H3,(H,13,14). The lowest BCUT2D eigenvalue weighted by molar-refractivity contribution is -0.137. The summed E-state index contributed by atoms with van der Waals surface area (Å²) in [7, 11) is -1.09. The number of hydrogen-bond acceptors (Lipinski definition) is 4. The molecule has 17 heavy (non-hydrogen) atoms. The summed E-state index contributed by atoms with van der Waals surface area (Å²) in [6.07, 6.45) is 3.50. The summed E-state index contributed by atoms with van der Waals surface area (Å²) >= 11 is 0. The number of hydrogen-bond donors (Lipinski definition) is 1. The fourth-order valence-electron chi connectivity index (χ4n) is 1.20. The van der Waals surface area contributed by atoms with Gasteiger partial charge in [-0.2, -0.15) is 5.10 Å². The van der Waals surface area contributed by atoms with Crippen LogP contribution in [0.3, 0.4) is 0 Å². The molecule has 0 bridgehead atoms. The molecule has 96 valence electrons. The van der Waals surface area contributed by atoms with Gasteiger partial charge < -0.3 is 14.2 Å². The second-order valence-corrected chi connectivity index (χ2v) is 4.75. The zero-order valence-electron chi connectivity index (χ0n) is 10.00. The average molecular weight is 260 g/mol. The maximum atomic E-state index is 10.4. The van der Waals surface area contributed by atoms with E-state index in [2.05, 4.69) is 5.10 Å². The molecule has 1 N–H and O–H groups in total. The third-order valence-corrected chi connectivity index (χ3v) is 3.52. The van der Waals surface area contributed by atoms with Gasteiger partial charge in [0.15, 0.2) is 0 Å². The van der Waals surface area contributed by atoms with Crippen LogP contribution in [-0.2, 0) is 20.4 Å². The molecule has 1 heterocycles. The van der Waals surface area contributed by atoms with Crippen molar-refractivity contribution in [2.24, 2.45) is 0 Å². The van der Waals surface area contributed by atoms with Crippen LogP contribution in [0.5, 0.6) is 0 Å². The Balaban J connectivity index is 2.60. The van der Waals surface area contributed by atoms with Crippen LogP contribution in [0.1, 0.15) is 20.3 Å². The molecule has 0 saturated carbocycles. The van der Waals surface area contributed by atoms with Gasteiger partial charge in [0.05, 0.1) is 37.7 Å². The summed E-state index contributed by atoms with van der Waals surface area (Å²) < 4.78 is 12.6. The largest absolute Gasteiger partial charge is 0.481 e. The van der Waals surface area contributed by atoms with E-state index < -0.39 is 14.3 Å². The number of aliphatic carboxylic acids is 1. The molecule has 0 aromatic carbocycles. The topological polar surface area (TPSA) is 73.6 Å². The molecular formula is C10H17N2O4P. The van der Waals surface area contributed by atoms with Crippen LogP contribution in [-0.4, -0.2) is 34.1 Å². The Morgan fingerprint density at radius 2 is 2.12 bits per heavy atom. The predicted octanol–water partition coefficient (Wildman–Crippen LogP) is 1.37. The highest BCUT2D eigenvalue weighted by Crippen LogP contribution is 2.36. The van der Waals surface area contributed by atoms with Crippen molar-refractivity contribution >= 4 is 19.6 Å². The number of aromatic nitrogens is 2. The molecule has 0 atom stereocenters. The van der Waals surface area contributed by atoms with E-state index in [9.17, 15) is 4.79 Å². The first-order chi connectivity index (χ1) is 8.17. The zero-order valence-corrected chi connectivity index (χ0v) is 10.9. The highest BCUT2D eigenvalue weighted by atomic mass is 31.2. The third kappa shape index (κ3) is 4.81. The predicted molar refractivity (Wildman–Crippen MR) is 64.3 cm³/mol. The lowest BCUT2D eigenvalue weighted by Crippen LogP contribution is -2.07. The van der Waals surface area contributed by atoms with Crippen molar-refractivity contribution in [2.45, 2.75) is 26.8 Å². The van der Waals surface area contributed by atoms with E-state index in [1.807, 2.05) is 13.8 Å². The van der Waals surface area contributed by atoms with E-state index in [0.29, 0.717) is 19.8 Å². The fraction of sp³-hybridized carbons (Fsp3) is 0.600. The maximum Gasteiger partial charge on any atom is 0.305 e. The van der Waals surface area contributed by atoms with E-state index >= 15 is 0 Å². The Bertz CT molecular complexity index is 350. The molecule has 0 radical (unpaired) electrons. The number of aryl methyl sites for hydroxylation is 1. The van der Waals surface area contributed by atoms with Crippen molar-refractivity contribution in [3.63, 3.8) is 0 Å². The smallest absolute Gasteiger partial charge is 0.305 e. The van der Waals surface area contributed by atoms with Gasteiger partial charge in [-0.25, -0.2) is 0 Å². The molecule has 1 aromatic heterocycles. The second-order valence-electron chi connectivity index (χ2n) is 3.20. The minimum absolute atomic E-state index is 0.0579. The second kappa shape index (κ2) is 7.37. The van der Waals surface area contributed by atoms with Crippen molar-refractivity contribution in [3.05, 3.63) is 12.4 Å². The van der Waals surface area contributed by atoms with Crippen LogP contribution < -0.4 is 5.30 Å². The average Bonchev–Trinajstić information content (AvgIpc) is 2.74. The van der Waals surface area contributed by atoms with E-state index in [1.165, 1.54) is 0 Å². The maximum absolute atomic E-state index is 10.4. The van der Waals surface area contributed by atoms with Crippen LogP contribution in [0.25, 0.3) is 0 Å². The Morgan fingerprint density at radius 3 is 2.65 bits per heavy atom. The first-order valence-corrected chi connectivity index (χ1v) is 6.65. The molecule has 0 spiro atoms. The highest BCUT2D eigenvalue weighted by Gasteiger charge is 2.15. The van der Waals surface area contributed by atoms with E-state index in [4.69, 9.17) is 14.2 Å². The van der Waals surface area contributed by atoms with Crippen LogP contribution in [0.2, 0.25) is 0 Å². The molecule has 0 unspecified atom stereocenters. The van der Waals surface area contributed by atoms with Gasteiger partial charge in [0.2, 0.25) is 8.38 Å². The Hall–Kier alpha value is -0.970. The first-order valence-electron chi connectivity index (χ1n) is 5.47. The number of carbonyl (C=O) groups is 1. The summed E-state index contributed by atoms with van der Waals surface area (Å²) in [5.41, 5.74) is 0. The van der Waals surface area contributed by atoms with E-state index in [1.54, 1.807) is 17.1 Å². The molecule has 0 aliphatic carbocycles. The monoisotopic (exact) mass is 260 g/mol. The third-order valence-electron chi connectivity index (χ3n) is 1.88. The molecule has 0 saturated heterocycles. The zero-order chi connectivity index (χ0) is 12.7. The van der Waals surface area contributed by atoms with Gasteiger partial charge in [0.25, 0.3) is 0 Å². The lowest BCUT2D eigenvalue weighted by atomic mass is 10.4. The summed E-state index contributed by atoms with van der Waals surface area (Å²) in [5.74, 6) is -0.834. The van der Waals surface area contributed by atoms with Gasteiger partial charge in [-0.3, -0.25) is 9.48 Å². The van der Waals surface area contributed by atoms with Gasteiger partial charge in [-0.1, -0.05) is 0 Å². The van der Waals surface area contributed by atoms with Crippen LogP contribution >= 0.6 is 8.38 Å². The molecule has 1 rings (SSSR count). The van der Waals surface area contributed by atoms with Gasteiger partial charge in [0.1, 0.15) is 0 Å². The summed E-state index contributed by atoms with van der Waals surface area (Å²) in [6.45, 7) is 5.32. The normalized spacial score (nSPS) is 11.0. The van der Waals surface area contributed by atoms with Gasteiger partial charge in [-0.05, 0) is 13.8 Å². The van der Waals surface area contributed by atoms with E-state index in [-0.39, 0.29) is 6.42 Å². The summed E-state index contributed by atoms with van der Waals surface area (Å²) in [5, 5.41) is 13.5. The SMILES string of the molecule is CCOP(OCC)c1cnn(CCC(=O)O)c1. The molecular weight excluding hydrogens is 243 g/mol. The molecule has 0 amide bonds. The fourth-order valence-corrected chi connectivity index (χ4v) is 2.42. The minimum Gasteiger partial charge on any atom is -0.481 e. The van der Waals surface area contributed by atoms with Crippen molar-refractivity contribution in [1.29, 1.82) is 0 Å². The number of carboxylic acids is 1. The Labute approximate surface area is 101 Å². The van der Waals surface area contributed by atoms with E-state index in [0.717, 1.165) is 5.30 Å². The van der Waals surface area contributed by atoms with Crippen LogP contribution in [0.15, 0.2) is 12.4 Å². The minimum atomic E-state index is -1.09. The molecule has 0 aliphatic heterocycles. The van der Waals surface area contributed by atoms with Crippen molar-refractivity contribution < 1.29 is 18.9 Å². The van der Waals surface area contributed by atoms with Crippen molar-refractivity contribution in [3.8, 4) is 0 Å². The number of rotatable bonds is 8. The quantitative estimate of drug-likeness (QED) is 0.714. The van der Waals surface area contributed by atoms with Gasteiger partial charge >= 0.3 is 5.97 Å². The molecule has 0 aliphatic rings. The van der Waals surface area contributed by atoms with Crippen LogP contribution in [0, 0.1) is 0 Å². The molecule has 7 heteroatoms. The molecule has 1 aromatic rings. The number of nitrogens with zero attached hydrogens (tertiary/aromatic N) is 2. The Morgan fingerprint density at radius 1 is 1.47 bits per heavy atom. The first kappa shape index (κ1) is 14.1. The lowest BCUT2D eigenvalue weighted by Gasteiger charge is -2.13. The number of carboxylic acid groups (broad SMARTS) is 1.